The molecule has 0 saturated carbocycles. The van der Waals surface area contributed by atoms with E-state index < -0.39 is 17.6 Å². The second-order valence-electron chi connectivity index (χ2n) is 4.13. The van der Waals surface area contributed by atoms with Crippen molar-refractivity contribution in [1.29, 1.82) is 0 Å². The number of carbonyl (C=O) groups is 2. The monoisotopic (exact) mass is 292 g/mol. The molecule has 0 saturated heterocycles. The number of benzene rings is 1. The van der Waals surface area contributed by atoms with Gasteiger partial charge >= 0.3 is 0 Å². The fourth-order valence-electron chi connectivity index (χ4n) is 1.67. The SMILES string of the molecule is CCc1cc(C(N)=O)c(NC(=O)c2ccc(F)cc2)s1. The maximum Gasteiger partial charge on any atom is 0.256 e. The lowest BCUT2D eigenvalue weighted by atomic mass is 10.2. The van der Waals surface area contributed by atoms with Gasteiger partial charge in [0, 0.05) is 10.4 Å². The van der Waals surface area contributed by atoms with Crippen molar-refractivity contribution in [1.82, 2.24) is 0 Å². The van der Waals surface area contributed by atoms with Crippen molar-refractivity contribution < 1.29 is 14.0 Å². The number of anilines is 1. The number of rotatable bonds is 4. The van der Waals surface area contributed by atoms with E-state index in [2.05, 4.69) is 5.32 Å². The molecule has 0 spiro atoms. The van der Waals surface area contributed by atoms with E-state index in [0.717, 1.165) is 11.3 Å². The molecule has 0 aliphatic rings. The third kappa shape index (κ3) is 3.03. The number of thiophene rings is 1. The fraction of sp³-hybridized carbons (Fsp3) is 0.143. The standard InChI is InChI=1S/C14H13FN2O2S/c1-2-10-7-11(12(16)18)14(20-10)17-13(19)8-3-5-9(15)6-4-8/h3-7H,2H2,1H3,(H2,16,18)(H,17,19). The van der Waals surface area contributed by atoms with Crippen LogP contribution in [0.3, 0.4) is 0 Å². The Bertz CT molecular complexity index is 650. The maximum atomic E-state index is 12.8. The zero-order valence-corrected chi connectivity index (χ0v) is 11.6. The number of hydrogen-bond donors (Lipinski definition) is 2. The number of nitrogens with one attached hydrogen (secondary N) is 1. The molecule has 0 unspecified atom stereocenters. The second kappa shape index (κ2) is 5.83. The van der Waals surface area contributed by atoms with Crippen LogP contribution in [0.5, 0.6) is 0 Å². The van der Waals surface area contributed by atoms with Gasteiger partial charge < -0.3 is 11.1 Å². The summed E-state index contributed by atoms with van der Waals surface area (Å²) in [6.07, 6.45) is 0.747. The third-order valence-corrected chi connectivity index (χ3v) is 3.93. The molecule has 0 radical (unpaired) electrons. The van der Waals surface area contributed by atoms with E-state index in [0.29, 0.717) is 16.1 Å². The summed E-state index contributed by atoms with van der Waals surface area (Å²) in [6, 6.07) is 6.84. The molecule has 0 fully saturated rings. The third-order valence-electron chi connectivity index (χ3n) is 2.73. The van der Waals surface area contributed by atoms with Gasteiger partial charge in [-0.2, -0.15) is 0 Å². The molecule has 1 aromatic carbocycles. The molecule has 4 nitrogen and oxygen atoms in total. The number of amides is 2. The number of aryl methyl sites for hydroxylation is 1. The number of carbonyl (C=O) groups excluding carboxylic acids is 2. The molecule has 104 valence electrons. The molecule has 2 amide bonds. The van der Waals surface area contributed by atoms with Gasteiger partial charge in [-0.15, -0.1) is 11.3 Å². The van der Waals surface area contributed by atoms with Crippen molar-refractivity contribution in [3.8, 4) is 0 Å². The van der Waals surface area contributed by atoms with Gasteiger partial charge in [0.25, 0.3) is 11.8 Å². The van der Waals surface area contributed by atoms with E-state index in [1.54, 1.807) is 6.07 Å². The maximum absolute atomic E-state index is 12.8. The first-order chi connectivity index (χ1) is 9.51. The smallest absolute Gasteiger partial charge is 0.256 e. The van der Waals surface area contributed by atoms with E-state index >= 15 is 0 Å². The summed E-state index contributed by atoms with van der Waals surface area (Å²) in [5.41, 5.74) is 5.89. The highest BCUT2D eigenvalue weighted by Gasteiger charge is 2.16. The highest BCUT2D eigenvalue weighted by molar-refractivity contribution is 7.16. The second-order valence-corrected chi connectivity index (χ2v) is 5.27. The molecule has 0 atom stereocenters. The van der Waals surface area contributed by atoms with Crippen LogP contribution in [0.25, 0.3) is 0 Å². The van der Waals surface area contributed by atoms with E-state index in [1.807, 2.05) is 6.92 Å². The average Bonchev–Trinajstić information content (AvgIpc) is 2.82. The number of halogens is 1. The molecule has 1 heterocycles. The molecule has 0 aliphatic carbocycles. The molecule has 2 aromatic rings. The van der Waals surface area contributed by atoms with Crippen LogP contribution in [0.1, 0.15) is 32.5 Å². The van der Waals surface area contributed by atoms with Crippen LogP contribution in [0.2, 0.25) is 0 Å². The van der Waals surface area contributed by atoms with Gasteiger partial charge in [0.2, 0.25) is 0 Å². The molecule has 6 heteroatoms. The van der Waals surface area contributed by atoms with Gasteiger partial charge in [-0.1, -0.05) is 6.92 Å². The van der Waals surface area contributed by atoms with E-state index in [4.69, 9.17) is 5.73 Å². The van der Waals surface area contributed by atoms with Gasteiger partial charge in [0.05, 0.1) is 5.56 Å². The normalized spacial score (nSPS) is 10.3. The van der Waals surface area contributed by atoms with Crippen LogP contribution < -0.4 is 11.1 Å². The predicted molar refractivity (Wildman–Crippen MR) is 76.6 cm³/mol. The van der Waals surface area contributed by atoms with Crippen molar-refractivity contribution in [2.75, 3.05) is 5.32 Å². The molecule has 1 aromatic heterocycles. The lowest BCUT2D eigenvalue weighted by molar-refractivity contribution is 0.100. The minimum absolute atomic E-state index is 0.294. The van der Waals surface area contributed by atoms with Crippen molar-refractivity contribution in [3.05, 3.63) is 52.2 Å². The van der Waals surface area contributed by atoms with Gasteiger partial charge in [-0.25, -0.2) is 4.39 Å². The Morgan fingerprint density at radius 1 is 1.30 bits per heavy atom. The van der Waals surface area contributed by atoms with Crippen molar-refractivity contribution in [3.63, 3.8) is 0 Å². The minimum Gasteiger partial charge on any atom is -0.366 e. The molecule has 20 heavy (non-hydrogen) atoms. The number of primary amides is 1. The van der Waals surface area contributed by atoms with E-state index in [9.17, 15) is 14.0 Å². The van der Waals surface area contributed by atoms with E-state index in [-0.39, 0.29) is 0 Å². The Hall–Kier alpha value is -2.21. The Morgan fingerprint density at radius 2 is 1.95 bits per heavy atom. The lowest BCUT2D eigenvalue weighted by Crippen LogP contribution is -2.16. The molecule has 0 bridgehead atoms. The highest BCUT2D eigenvalue weighted by Crippen LogP contribution is 2.28. The Labute approximate surface area is 119 Å². The molecule has 2 rings (SSSR count). The Kier molecular flexibility index (Phi) is 4.14. The first-order valence-corrected chi connectivity index (χ1v) is 6.82. The average molecular weight is 292 g/mol. The zero-order chi connectivity index (χ0) is 14.7. The van der Waals surface area contributed by atoms with Crippen molar-refractivity contribution in [2.24, 2.45) is 5.73 Å². The number of nitrogens with two attached hydrogens (primary N) is 1. The number of hydrogen-bond acceptors (Lipinski definition) is 3. The van der Waals surface area contributed by atoms with Crippen LogP contribution in [-0.4, -0.2) is 11.8 Å². The highest BCUT2D eigenvalue weighted by atomic mass is 32.1. The predicted octanol–water partition coefficient (Wildman–Crippen LogP) is 2.80. The van der Waals surface area contributed by atoms with Crippen LogP contribution >= 0.6 is 11.3 Å². The summed E-state index contributed by atoms with van der Waals surface area (Å²) in [5, 5.41) is 3.06. The first kappa shape index (κ1) is 14.2. The fourth-order valence-corrected chi connectivity index (χ4v) is 2.67. The molecule has 3 N–H and O–H groups in total. The van der Waals surface area contributed by atoms with Gasteiger partial charge in [0.15, 0.2) is 0 Å². The zero-order valence-electron chi connectivity index (χ0n) is 10.8. The minimum atomic E-state index is -0.588. The van der Waals surface area contributed by atoms with E-state index in [1.165, 1.54) is 35.6 Å². The topological polar surface area (TPSA) is 72.2 Å². The largest absolute Gasteiger partial charge is 0.366 e. The van der Waals surface area contributed by atoms with Crippen LogP contribution in [-0.2, 0) is 6.42 Å². The summed E-state index contributed by atoms with van der Waals surface area (Å²) >= 11 is 1.31. The van der Waals surface area contributed by atoms with Crippen LogP contribution in [0, 0.1) is 5.82 Å². The summed E-state index contributed by atoms with van der Waals surface area (Å²) in [4.78, 5) is 24.3. The van der Waals surface area contributed by atoms with Crippen LogP contribution in [0.15, 0.2) is 30.3 Å². The van der Waals surface area contributed by atoms with Gasteiger partial charge in [-0.05, 0) is 36.8 Å². The van der Waals surface area contributed by atoms with Crippen molar-refractivity contribution >= 4 is 28.2 Å². The quantitative estimate of drug-likeness (QED) is 0.909. The Morgan fingerprint density at radius 3 is 2.50 bits per heavy atom. The Balaban J connectivity index is 2.25. The molecular formula is C14H13FN2O2S. The first-order valence-electron chi connectivity index (χ1n) is 6.00. The summed E-state index contributed by atoms with van der Waals surface area (Å²) in [7, 11) is 0. The summed E-state index contributed by atoms with van der Waals surface area (Å²) in [6.45, 7) is 1.95. The molecule has 0 aliphatic heterocycles. The summed E-state index contributed by atoms with van der Waals surface area (Å²) < 4.78 is 12.8. The van der Waals surface area contributed by atoms with Gasteiger partial charge in [0.1, 0.15) is 10.8 Å². The van der Waals surface area contributed by atoms with Crippen molar-refractivity contribution in [2.45, 2.75) is 13.3 Å². The van der Waals surface area contributed by atoms with Gasteiger partial charge in [-0.3, -0.25) is 9.59 Å². The lowest BCUT2D eigenvalue weighted by Gasteiger charge is -2.04. The van der Waals surface area contributed by atoms with Crippen LogP contribution in [0.4, 0.5) is 9.39 Å². The summed E-state index contributed by atoms with van der Waals surface area (Å²) in [5.74, 6) is -1.41. The molecular weight excluding hydrogens is 279 g/mol.